The highest BCUT2D eigenvalue weighted by Crippen LogP contribution is 2.29. The number of amides is 5. The Labute approximate surface area is 213 Å². The molecule has 0 aromatic heterocycles. The third kappa shape index (κ3) is 5.54. The number of morpholine rings is 1. The number of hydrogen-bond donors (Lipinski definition) is 1. The van der Waals surface area contributed by atoms with Gasteiger partial charge in [-0.15, -0.1) is 0 Å². The number of benzene rings is 1. The predicted octanol–water partition coefficient (Wildman–Crippen LogP) is -0.226. The van der Waals surface area contributed by atoms with Crippen LogP contribution in [0.25, 0.3) is 0 Å². The maximum atomic E-state index is 13.2. The Balaban J connectivity index is 1.38. The molecule has 1 unspecified atom stereocenters. The van der Waals surface area contributed by atoms with E-state index >= 15 is 0 Å². The summed E-state index contributed by atoms with van der Waals surface area (Å²) < 4.78 is 10.5. The molecule has 3 heterocycles. The molecule has 198 valence electrons. The van der Waals surface area contributed by atoms with E-state index in [1.54, 1.807) is 26.0 Å². The van der Waals surface area contributed by atoms with Crippen LogP contribution in [0.2, 0.25) is 0 Å². The van der Waals surface area contributed by atoms with Crippen molar-refractivity contribution in [3.8, 4) is 0 Å². The van der Waals surface area contributed by atoms with E-state index in [1.165, 1.54) is 12.1 Å². The normalized spacial score (nSPS) is 21.3. The van der Waals surface area contributed by atoms with Crippen LogP contribution in [0, 0.1) is 5.92 Å². The van der Waals surface area contributed by atoms with Gasteiger partial charge >= 0.3 is 5.97 Å². The van der Waals surface area contributed by atoms with E-state index in [2.05, 4.69) is 5.32 Å². The molecule has 1 N–H and O–H groups in total. The monoisotopic (exact) mass is 514 g/mol. The van der Waals surface area contributed by atoms with Gasteiger partial charge in [-0.05, 0) is 24.5 Å². The molecule has 2 fully saturated rings. The van der Waals surface area contributed by atoms with Crippen molar-refractivity contribution < 1.29 is 38.2 Å². The molecule has 1 aromatic rings. The first-order valence-corrected chi connectivity index (χ1v) is 12.3. The van der Waals surface area contributed by atoms with Gasteiger partial charge in [0.05, 0.1) is 30.9 Å². The molecule has 0 spiro atoms. The summed E-state index contributed by atoms with van der Waals surface area (Å²) in [7, 11) is 0. The van der Waals surface area contributed by atoms with Crippen LogP contribution in [0.4, 0.5) is 0 Å². The molecule has 0 saturated carbocycles. The second-order valence-corrected chi connectivity index (χ2v) is 9.51. The molecule has 5 amide bonds. The van der Waals surface area contributed by atoms with Crippen molar-refractivity contribution in [1.29, 1.82) is 0 Å². The maximum Gasteiger partial charge on any atom is 0.330 e. The van der Waals surface area contributed by atoms with Crippen LogP contribution in [0.3, 0.4) is 0 Å². The third-order valence-electron chi connectivity index (χ3n) is 6.66. The van der Waals surface area contributed by atoms with Crippen molar-refractivity contribution in [1.82, 2.24) is 20.0 Å². The van der Waals surface area contributed by atoms with Crippen molar-refractivity contribution in [2.24, 2.45) is 5.92 Å². The van der Waals surface area contributed by atoms with Crippen LogP contribution in [-0.4, -0.2) is 102 Å². The summed E-state index contributed by atoms with van der Waals surface area (Å²) in [6, 6.07) is 4.08. The molecule has 3 aliphatic heterocycles. The number of fused-ring (bicyclic) bond motifs is 1. The molecule has 0 bridgehead atoms. The Bertz CT molecular complexity index is 1080. The fraction of sp³-hybridized carbons (Fsp3) is 0.520. The summed E-state index contributed by atoms with van der Waals surface area (Å²) in [4.78, 5) is 80.2. The van der Waals surface area contributed by atoms with Gasteiger partial charge in [0, 0.05) is 19.5 Å². The summed E-state index contributed by atoms with van der Waals surface area (Å²) in [6.07, 6.45) is -0.120. The number of piperidine rings is 1. The lowest BCUT2D eigenvalue weighted by molar-refractivity contribution is -0.166. The molecule has 2 atom stereocenters. The number of hydrogen-bond acceptors (Lipinski definition) is 9. The summed E-state index contributed by atoms with van der Waals surface area (Å²) in [5, 5.41) is 2.67. The quantitative estimate of drug-likeness (QED) is 0.368. The second-order valence-electron chi connectivity index (χ2n) is 9.51. The van der Waals surface area contributed by atoms with Crippen LogP contribution >= 0.6 is 0 Å². The van der Waals surface area contributed by atoms with Gasteiger partial charge in [-0.1, -0.05) is 26.0 Å². The van der Waals surface area contributed by atoms with E-state index in [-0.39, 0.29) is 42.3 Å². The largest absolute Gasteiger partial charge is 0.442 e. The fourth-order valence-corrected chi connectivity index (χ4v) is 4.58. The van der Waals surface area contributed by atoms with E-state index in [1.807, 2.05) is 4.90 Å². The van der Waals surface area contributed by atoms with Gasteiger partial charge in [-0.25, -0.2) is 9.69 Å². The minimum absolute atomic E-state index is 0.0141. The standard InChI is InChI=1S/C25H30N4O8/c1-15(2)21(26-19(30)13-27-9-11-36-12-10-27)25(35)37-14-28-20(31)8-7-18(24(28)34)29-22(32)16-5-3-4-6-17(16)23(29)33/h3-6,15,18,21H,7-14H2,1-2H3,(H,26,30)/t18-,21?/m0/s1. The molecule has 4 rings (SSSR count). The van der Waals surface area contributed by atoms with Crippen LogP contribution in [0.5, 0.6) is 0 Å². The van der Waals surface area contributed by atoms with Gasteiger partial charge in [0.15, 0.2) is 6.73 Å². The van der Waals surface area contributed by atoms with Crippen molar-refractivity contribution in [3.63, 3.8) is 0 Å². The minimum Gasteiger partial charge on any atom is -0.442 e. The molecule has 0 aliphatic carbocycles. The smallest absolute Gasteiger partial charge is 0.330 e. The number of rotatable bonds is 8. The van der Waals surface area contributed by atoms with Crippen LogP contribution in [0.15, 0.2) is 24.3 Å². The highest BCUT2D eigenvalue weighted by Gasteiger charge is 2.47. The number of carbonyl (C=O) groups is 6. The summed E-state index contributed by atoms with van der Waals surface area (Å²) in [6.45, 7) is 5.16. The number of imide groups is 2. The molecule has 0 radical (unpaired) electrons. The summed E-state index contributed by atoms with van der Waals surface area (Å²) >= 11 is 0. The number of likely N-dealkylation sites (tertiary alicyclic amines) is 1. The van der Waals surface area contributed by atoms with Crippen LogP contribution in [-0.2, 0) is 28.7 Å². The fourth-order valence-electron chi connectivity index (χ4n) is 4.58. The molecule has 2 saturated heterocycles. The van der Waals surface area contributed by atoms with E-state index in [4.69, 9.17) is 9.47 Å². The van der Waals surface area contributed by atoms with Crippen molar-refractivity contribution in [2.45, 2.75) is 38.8 Å². The molecular formula is C25H30N4O8. The van der Waals surface area contributed by atoms with E-state index in [0.717, 1.165) is 9.80 Å². The minimum atomic E-state index is -1.18. The van der Waals surface area contributed by atoms with Gasteiger partial charge in [0.2, 0.25) is 11.8 Å². The number of ether oxygens (including phenoxy) is 2. The van der Waals surface area contributed by atoms with Crippen molar-refractivity contribution in [3.05, 3.63) is 35.4 Å². The van der Waals surface area contributed by atoms with Gasteiger partial charge < -0.3 is 14.8 Å². The summed E-state index contributed by atoms with van der Waals surface area (Å²) in [5.74, 6) is -4.05. The predicted molar refractivity (Wildman–Crippen MR) is 127 cm³/mol. The van der Waals surface area contributed by atoms with Crippen molar-refractivity contribution >= 4 is 35.5 Å². The highest BCUT2D eigenvalue weighted by molar-refractivity contribution is 6.23. The van der Waals surface area contributed by atoms with E-state index in [9.17, 15) is 28.8 Å². The Morgan fingerprint density at radius 3 is 2.27 bits per heavy atom. The van der Waals surface area contributed by atoms with Crippen LogP contribution in [0.1, 0.15) is 47.4 Å². The van der Waals surface area contributed by atoms with Gasteiger partial charge in [-0.2, -0.15) is 0 Å². The Morgan fingerprint density at radius 2 is 1.68 bits per heavy atom. The number of nitrogens with zero attached hydrogens (tertiary/aromatic N) is 3. The average Bonchev–Trinajstić information content (AvgIpc) is 3.13. The van der Waals surface area contributed by atoms with Crippen LogP contribution < -0.4 is 5.32 Å². The molecular weight excluding hydrogens is 484 g/mol. The number of nitrogens with one attached hydrogen (secondary N) is 1. The Morgan fingerprint density at radius 1 is 1.05 bits per heavy atom. The lowest BCUT2D eigenvalue weighted by Crippen LogP contribution is -2.57. The Hall–Kier alpha value is -3.64. The number of esters is 1. The first-order chi connectivity index (χ1) is 17.7. The van der Waals surface area contributed by atoms with Gasteiger partial charge in [0.1, 0.15) is 12.1 Å². The third-order valence-corrected chi connectivity index (χ3v) is 6.66. The molecule has 1 aromatic carbocycles. The number of carbonyl (C=O) groups excluding carboxylic acids is 6. The molecule has 37 heavy (non-hydrogen) atoms. The zero-order chi connectivity index (χ0) is 26.7. The first-order valence-electron chi connectivity index (χ1n) is 12.3. The second kappa shape index (κ2) is 11.2. The van der Waals surface area contributed by atoms with E-state index in [0.29, 0.717) is 26.3 Å². The Kier molecular flexibility index (Phi) is 7.98. The molecule has 12 nitrogen and oxygen atoms in total. The van der Waals surface area contributed by atoms with E-state index < -0.39 is 48.4 Å². The van der Waals surface area contributed by atoms with Crippen molar-refractivity contribution in [2.75, 3.05) is 39.6 Å². The first kappa shape index (κ1) is 26.4. The topological polar surface area (TPSA) is 143 Å². The molecule has 3 aliphatic rings. The lowest BCUT2D eigenvalue weighted by atomic mass is 10.0. The SMILES string of the molecule is CC(C)C(NC(=O)CN1CCOCC1)C(=O)OCN1C(=O)CC[C@H](N2C(=O)c3ccccc3C2=O)C1=O. The maximum absolute atomic E-state index is 13.2. The van der Waals surface area contributed by atoms with Gasteiger partial charge in [0.25, 0.3) is 17.7 Å². The lowest BCUT2D eigenvalue weighted by Gasteiger charge is -2.34. The average molecular weight is 515 g/mol. The zero-order valence-electron chi connectivity index (χ0n) is 20.8. The molecule has 12 heteroatoms. The highest BCUT2D eigenvalue weighted by atomic mass is 16.5. The zero-order valence-corrected chi connectivity index (χ0v) is 20.8. The van der Waals surface area contributed by atoms with Gasteiger partial charge in [-0.3, -0.25) is 33.8 Å². The summed E-state index contributed by atoms with van der Waals surface area (Å²) in [5.41, 5.74) is 0.394.